The molecule has 1 amide bonds. The second kappa shape index (κ2) is 6.05. The molecule has 0 radical (unpaired) electrons. The lowest BCUT2D eigenvalue weighted by atomic mass is 10.1. The third-order valence-corrected chi connectivity index (χ3v) is 2.59. The summed E-state index contributed by atoms with van der Waals surface area (Å²) in [6.45, 7) is 7.40. The van der Waals surface area contributed by atoms with Crippen molar-refractivity contribution in [3.05, 3.63) is 30.2 Å². The Morgan fingerprint density at radius 3 is 2.62 bits per heavy atom. The van der Waals surface area contributed by atoms with E-state index in [-0.39, 0.29) is 18.1 Å². The predicted molar refractivity (Wildman–Crippen MR) is 78.8 cm³/mol. The Morgan fingerprint density at radius 2 is 2.00 bits per heavy atom. The van der Waals surface area contributed by atoms with Gasteiger partial charge in [-0.05, 0) is 32.9 Å². The fourth-order valence-electron chi connectivity index (χ4n) is 1.65. The molecule has 0 spiro atoms. The van der Waals surface area contributed by atoms with Crippen LogP contribution >= 0.6 is 0 Å². The summed E-state index contributed by atoms with van der Waals surface area (Å²) in [6.07, 6.45) is 0. The average molecular weight is 289 g/mol. The Balaban J connectivity index is 2.12. The normalized spacial score (nSPS) is 11.4. The molecule has 6 heteroatoms. The summed E-state index contributed by atoms with van der Waals surface area (Å²) in [5, 5.41) is 10.6. The second-order valence-electron chi connectivity index (χ2n) is 5.62. The van der Waals surface area contributed by atoms with Crippen LogP contribution in [0.25, 0.3) is 11.5 Å². The minimum absolute atomic E-state index is 0.0132. The number of hydrogen-bond donors (Lipinski definition) is 1. The van der Waals surface area contributed by atoms with Crippen molar-refractivity contribution in [1.29, 1.82) is 0 Å². The lowest BCUT2D eigenvalue weighted by Crippen LogP contribution is -2.27. The number of nitrogens with zero attached hydrogens (tertiary/aromatic N) is 2. The summed E-state index contributed by atoms with van der Waals surface area (Å²) in [4.78, 5) is 11.9. The fourth-order valence-corrected chi connectivity index (χ4v) is 1.65. The van der Waals surface area contributed by atoms with Gasteiger partial charge in [-0.2, -0.15) is 0 Å². The van der Waals surface area contributed by atoms with Gasteiger partial charge in [0.05, 0.1) is 16.9 Å². The molecule has 1 aromatic carbocycles. The standard InChI is InChI=1S/C15H19N3O3/c1-10-17-18-14(21-10)11-7-5-6-8-12(11)16-13(19)9-20-15(2,3)4/h5-8H,9H2,1-4H3,(H,16,19). The van der Waals surface area contributed by atoms with Crippen LogP contribution in [-0.2, 0) is 9.53 Å². The average Bonchev–Trinajstić information content (AvgIpc) is 2.83. The molecular formula is C15H19N3O3. The molecular weight excluding hydrogens is 270 g/mol. The number of hydrogen-bond acceptors (Lipinski definition) is 5. The molecule has 2 aromatic rings. The largest absolute Gasteiger partial charge is 0.421 e. The van der Waals surface area contributed by atoms with Crippen LogP contribution in [0.4, 0.5) is 5.69 Å². The molecule has 1 N–H and O–H groups in total. The van der Waals surface area contributed by atoms with E-state index < -0.39 is 0 Å². The Bertz CT molecular complexity index is 629. The molecule has 0 unspecified atom stereocenters. The molecule has 21 heavy (non-hydrogen) atoms. The van der Waals surface area contributed by atoms with Crippen molar-refractivity contribution >= 4 is 11.6 Å². The van der Waals surface area contributed by atoms with Gasteiger partial charge in [0.25, 0.3) is 0 Å². The third kappa shape index (κ3) is 4.39. The lowest BCUT2D eigenvalue weighted by molar-refractivity contribution is -0.125. The van der Waals surface area contributed by atoms with Crippen LogP contribution in [0, 0.1) is 6.92 Å². The summed E-state index contributed by atoms with van der Waals surface area (Å²) in [5.41, 5.74) is 0.936. The maximum atomic E-state index is 11.9. The molecule has 0 aliphatic heterocycles. The highest BCUT2D eigenvalue weighted by Gasteiger charge is 2.16. The number of benzene rings is 1. The van der Waals surface area contributed by atoms with Crippen LogP contribution < -0.4 is 5.32 Å². The monoisotopic (exact) mass is 289 g/mol. The number of rotatable bonds is 4. The molecule has 2 rings (SSSR count). The zero-order valence-corrected chi connectivity index (χ0v) is 12.6. The van der Waals surface area contributed by atoms with Gasteiger partial charge < -0.3 is 14.5 Å². The molecule has 6 nitrogen and oxygen atoms in total. The zero-order chi connectivity index (χ0) is 15.5. The van der Waals surface area contributed by atoms with Gasteiger partial charge in [-0.15, -0.1) is 10.2 Å². The van der Waals surface area contributed by atoms with Gasteiger partial charge in [0.2, 0.25) is 17.7 Å². The maximum absolute atomic E-state index is 11.9. The summed E-state index contributed by atoms with van der Waals surface area (Å²) >= 11 is 0. The van der Waals surface area contributed by atoms with Gasteiger partial charge in [-0.1, -0.05) is 12.1 Å². The van der Waals surface area contributed by atoms with Crippen molar-refractivity contribution in [2.75, 3.05) is 11.9 Å². The van der Waals surface area contributed by atoms with E-state index in [2.05, 4.69) is 15.5 Å². The van der Waals surface area contributed by atoms with E-state index in [0.717, 1.165) is 0 Å². The van der Waals surface area contributed by atoms with E-state index in [9.17, 15) is 4.79 Å². The van der Waals surface area contributed by atoms with Crippen LogP contribution in [-0.4, -0.2) is 28.3 Å². The van der Waals surface area contributed by atoms with Crippen LogP contribution in [0.15, 0.2) is 28.7 Å². The van der Waals surface area contributed by atoms with Crippen molar-refractivity contribution in [3.63, 3.8) is 0 Å². The minimum Gasteiger partial charge on any atom is -0.421 e. The summed E-state index contributed by atoms with van der Waals surface area (Å²) < 4.78 is 10.9. The van der Waals surface area contributed by atoms with E-state index in [4.69, 9.17) is 9.15 Å². The predicted octanol–water partition coefficient (Wildman–Crippen LogP) is 2.80. The summed E-state index contributed by atoms with van der Waals surface area (Å²) in [7, 11) is 0. The van der Waals surface area contributed by atoms with Crippen molar-refractivity contribution in [1.82, 2.24) is 10.2 Å². The molecule has 0 atom stereocenters. The topological polar surface area (TPSA) is 77.2 Å². The highest BCUT2D eigenvalue weighted by atomic mass is 16.5. The quantitative estimate of drug-likeness (QED) is 0.936. The molecule has 0 fully saturated rings. The van der Waals surface area contributed by atoms with Crippen molar-refractivity contribution in [3.8, 4) is 11.5 Å². The number of ether oxygens (including phenoxy) is 1. The van der Waals surface area contributed by atoms with E-state index in [0.29, 0.717) is 23.0 Å². The number of aromatic nitrogens is 2. The molecule has 0 saturated heterocycles. The Hall–Kier alpha value is -2.21. The first-order chi connectivity index (χ1) is 9.85. The number of carbonyl (C=O) groups excluding carboxylic acids is 1. The second-order valence-corrected chi connectivity index (χ2v) is 5.62. The molecule has 1 aromatic heterocycles. The van der Waals surface area contributed by atoms with Gasteiger partial charge in [0.15, 0.2) is 0 Å². The first-order valence-corrected chi connectivity index (χ1v) is 6.68. The first-order valence-electron chi connectivity index (χ1n) is 6.68. The molecule has 0 aliphatic rings. The molecule has 0 bridgehead atoms. The summed E-state index contributed by atoms with van der Waals surface area (Å²) in [6, 6.07) is 7.26. The van der Waals surface area contributed by atoms with Crippen LogP contribution in [0.5, 0.6) is 0 Å². The number of amides is 1. The number of carbonyl (C=O) groups is 1. The Morgan fingerprint density at radius 1 is 1.29 bits per heavy atom. The van der Waals surface area contributed by atoms with Gasteiger partial charge in [0, 0.05) is 6.92 Å². The van der Waals surface area contributed by atoms with Gasteiger partial charge in [0.1, 0.15) is 6.61 Å². The van der Waals surface area contributed by atoms with Crippen molar-refractivity contribution < 1.29 is 13.9 Å². The van der Waals surface area contributed by atoms with E-state index in [1.807, 2.05) is 39.0 Å². The highest BCUT2D eigenvalue weighted by molar-refractivity contribution is 5.95. The smallest absolute Gasteiger partial charge is 0.250 e. The number of nitrogens with one attached hydrogen (secondary N) is 1. The molecule has 0 aliphatic carbocycles. The Labute approximate surface area is 123 Å². The third-order valence-electron chi connectivity index (χ3n) is 2.59. The molecule has 112 valence electrons. The maximum Gasteiger partial charge on any atom is 0.250 e. The molecule has 1 heterocycles. The van der Waals surface area contributed by atoms with Gasteiger partial charge >= 0.3 is 0 Å². The van der Waals surface area contributed by atoms with Crippen molar-refractivity contribution in [2.24, 2.45) is 0 Å². The van der Waals surface area contributed by atoms with E-state index >= 15 is 0 Å². The lowest BCUT2D eigenvalue weighted by Gasteiger charge is -2.19. The highest BCUT2D eigenvalue weighted by Crippen LogP contribution is 2.26. The van der Waals surface area contributed by atoms with Crippen LogP contribution in [0.1, 0.15) is 26.7 Å². The molecule has 0 saturated carbocycles. The summed E-state index contributed by atoms with van der Waals surface area (Å²) in [5.74, 6) is 0.621. The van der Waals surface area contributed by atoms with E-state index in [1.54, 1.807) is 13.0 Å². The number of anilines is 1. The minimum atomic E-state index is -0.361. The van der Waals surface area contributed by atoms with Gasteiger partial charge in [-0.25, -0.2) is 0 Å². The van der Waals surface area contributed by atoms with Crippen LogP contribution in [0.2, 0.25) is 0 Å². The zero-order valence-electron chi connectivity index (χ0n) is 12.6. The fraction of sp³-hybridized carbons (Fsp3) is 0.400. The number of para-hydroxylation sites is 1. The first kappa shape index (κ1) is 15.2. The SMILES string of the molecule is Cc1nnc(-c2ccccc2NC(=O)COC(C)(C)C)o1. The van der Waals surface area contributed by atoms with Crippen LogP contribution in [0.3, 0.4) is 0 Å². The van der Waals surface area contributed by atoms with E-state index in [1.165, 1.54) is 0 Å². The van der Waals surface area contributed by atoms with Gasteiger partial charge in [-0.3, -0.25) is 4.79 Å². The van der Waals surface area contributed by atoms with Crippen molar-refractivity contribution in [2.45, 2.75) is 33.3 Å². The Kier molecular flexibility index (Phi) is 4.37. The number of aryl methyl sites for hydroxylation is 1.